The van der Waals surface area contributed by atoms with Gasteiger partial charge < -0.3 is 10.5 Å². The largest absolute Gasteiger partial charge is 0.382 e. The minimum absolute atomic E-state index is 0.284. The van der Waals surface area contributed by atoms with Gasteiger partial charge in [0.05, 0.1) is 35.6 Å². The van der Waals surface area contributed by atoms with Gasteiger partial charge in [0.15, 0.2) is 5.82 Å². The van der Waals surface area contributed by atoms with E-state index in [4.69, 9.17) is 10.5 Å². The Morgan fingerprint density at radius 1 is 1.45 bits per heavy atom. The predicted octanol–water partition coefficient (Wildman–Crippen LogP) is 1.57. The van der Waals surface area contributed by atoms with Gasteiger partial charge in [0, 0.05) is 24.1 Å². The molecule has 0 aliphatic carbocycles. The highest BCUT2D eigenvalue weighted by atomic mass is 19.1. The molecule has 7 nitrogen and oxygen atoms in total. The Bertz CT molecular complexity index is 698. The van der Waals surface area contributed by atoms with Gasteiger partial charge in [-0.1, -0.05) is 0 Å². The maximum Gasteiger partial charge on any atom is 0.274 e. The Hall–Kier alpha value is -2.48. The molecule has 1 aliphatic heterocycles. The third kappa shape index (κ3) is 1.99. The standard InChI is InChI=1S/C12H11FN4O3/c13-7-3-8(5-9(4-7)17(18)19)16-11-1-2-20-6-10(11)12(14)15-16/h3-5H,1-2,6H2,(H2,14,15). The maximum absolute atomic E-state index is 13.5. The van der Waals surface area contributed by atoms with Crippen molar-refractivity contribution in [3.63, 3.8) is 0 Å². The number of rotatable bonds is 2. The molecule has 0 amide bonds. The number of fused-ring (bicyclic) bond motifs is 1. The second kappa shape index (κ2) is 4.57. The van der Waals surface area contributed by atoms with Crippen LogP contribution < -0.4 is 5.73 Å². The molecule has 104 valence electrons. The minimum Gasteiger partial charge on any atom is -0.382 e. The Morgan fingerprint density at radius 2 is 2.25 bits per heavy atom. The van der Waals surface area contributed by atoms with Crippen molar-refractivity contribution in [1.29, 1.82) is 0 Å². The van der Waals surface area contributed by atoms with Gasteiger partial charge in [0.1, 0.15) is 5.82 Å². The summed E-state index contributed by atoms with van der Waals surface area (Å²) in [6, 6.07) is 3.33. The van der Waals surface area contributed by atoms with Crippen LogP contribution in [0.2, 0.25) is 0 Å². The quantitative estimate of drug-likeness (QED) is 0.664. The summed E-state index contributed by atoms with van der Waals surface area (Å²) in [5.74, 6) is -0.393. The molecular weight excluding hydrogens is 267 g/mol. The molecule has 2 N–H and O–H groups in total. The second-order valence-corrected chi connectivity index (χ2v) is 4.45. The van der Waals surface area contributed by atoms with Crippen molar-refractivity contribution in [1.82, 2.24) is 9.78 Å². The third-order valence-corrected chi connectivity index (χ3v) is 3.17. The van der Waals surface area contributed by atoms with Crippen molar-refractivity contribution < 1.29 is 14.1 Å². The van der Waals surface area contributed by atoms with E-state index >= 15 is 0 Å². The number of ether oxygens (including phenoxy) is 1. The van der Waals surface area contributed by atoms with E-state index in [1.54, 1.807) is 0 Å². The zero-order valence-corrected chi connectivity index (χ0v) is 10.4. The lowest BCUT2D eigenvalue weighted by atomic mass is 10.1. The third-order valence-electron chi connectivity index (χ3n) is 3.17. The van der Waals surface area contributed by atoms with Crippen molar-refractivity contribution in [2.24, 2.45) is 0 Å². The first-order valence-corrected chi connectivity index (χ1v) is 5.95. The molecule has 0 unspecified atom stereocenters. The highest BCUT2D eigenvalue weighted by Gasteiger charge is 2.22. The molecule has 0 bridgehead atoms. The number of halogens is 1. The van der Waals surface area contributed by atoms with E-state index in [2.05, 4.69) is 5.10 Å². The number of nitro benzene ring substituents is 1. The number of non-ortho nitro benzene ring substituents is 1. The summed E-state index contributed by atoms with van der Waals surface area (Å²) in [5, 5.41) is 14.9. The van der Waals surface area contributed by atoms with Crippen molar-refractivity contribution in [2.75, 3.05) is 12.3 Å². The number of nitro groups is 1. The average molecular weight is 278 g/mol. The fourth-order valence-electron chi connectivity index (χ4n) is 2.26. The van der Waals surface area contributed by atoms with E-state index in [0.29, 0.717) is 25.5 Å². The summed E-state index contributed by atoms with van der Waals surface area (Å²) in [4.78, 5) is 10.2. The number of hydrogen-bond acceptors (Lipinski definition) is 5. The Kier molecular flexibility index (Phi) is 2.87. The summed E-state index contributed by atoms with van der Waals surface area (Å²) in [7, 11) is 0. The van der Waals surface area contributed by atoms with Gasteiger partial charge in [-0.25, -0.2) is 9.07 Å². The fraction of sp³-hybridized carbons (Fsp3) is 0.250. The van der Waals surface area contributed by atoms with Gasteiger partial charge >= 0.3 is 0 Å². The zero-order chi connectivity index (χ0) is 14.3. The summed E-state index contributed by atoms with van der Waals surface area (Å²) >= 11 is 0. The van der Waals surface area contributed by atoms with E-state index in [1.165, 1.54) is 16.8 Å². The monoisotopic (exact) mass is 278 g/mol. The molecule has 0 saturated heterocycles. The molecule has 0 saturated carbocycles. The Balaban J connectivity index is 2.16. The van der Waals surface area contributed by atoms with Crippen molar-refractivity contribution in [3.05, 3.63) is 45.4 Å². The van der Waals surface area contributed by atoms with Gasteiger partial charge in [-0.15, -0.1) is 0 Å². The molecule has 0 fully saturated rings. The van der Waals surface area contributed by atoms with Gasteiger partial charge in [-0.05, 0) is 0 Å². The van der Waals surface area contributed by atoms with Crippen LogP contribution in [0.15, 0.2) is 18.2 Å². The first-order chi connectivity index (χ1) is 9.56. The van der Waals surface area contributed by atoms with Gasteiger partial charge in [-0.3, -0.25) is 10.1 Å². The van der Waals surface area contributed by atoms with E-state index < -0.39 is 10.7 Å². The molecule has 3 rings (SSSR count). The minimum atomic E-state index is -0.691. The lowest BCUT2D eigenvalue weighted by molar-refractivity contribution is -0.385. The zero-order valence-electron chi connectivity index (χ0n) is 10.4. The summed E-state index contributed by atoms with van der Waals surface area (Å²) in [6.45, 7) is 0.855. The van der Waals surface area contributed by atoms with E-state index in [-0.39, 0.29) is 11.4 Å². The Morgan fingerprint density at radius 3 is 3.00 bits per heavy atom. The number of nitrogen functional groups attached to an aromatic ring is 1. The van der Waals surface area contributed by atoms with Crippen molar-refractivity contribution >= 4 is 11.5 Å². The fourth-order valence-corrected chi connectivity index (χ4v) is 2.26. The number of anilines is 1. The first kappa shape index (κ1) is 12.5. The number of aromatic nitrogens is 2. The summed E-state index contributed by atoms with van der Waals surface area (Å²) in [5.41, 5.74) is 7.31. The second-order valence-electron chi connectivity index (χ2n) is 4.45. The molecule has 0 spiro atoms. The molecule has 20 heavy (non-hydrogen) atoms. The van der Waals surface area contributed by atoms with Gasteiger partial charge in [-0.2, -0.15) is 5.10 Å². The predicted molar refractivity (Wildman–Crippen MR) is 67.9 cm³/mol. The van der Waals surface area contributed by atoms with Crippen molar-refractivity contribution in [3.8, 4) is 5.69 Å². The van der Waals surface area contributed by atoms with Crippen LogP contribution in [0.1, 0.15) is 11.3 Å². The van der Waals surface area contributed by atoms with E-state index in [9.17, 15) is 14.5 Å². The van der Waals surface area contributed by atoms with Crippen LogP contribution in [0, 0.1) is 15.9 Å². The number of nitrogens with two attached hydrogens (primary N) is 1. The molecule has 2 aromatic rings. The topological polar surface area (TPSA) is 96.2 Å². The summed E-state index contributed by atoms with van der Waals surface area (Å²) in [6.07, 6.45) is 0.573. The van der Waals surface area contributed by atoms with Gasteiger partial charge in [0.25, 0.3) is 5.69 Å². The molecular formula is C12H11FN4O3. The lowest BCUT2D eigenvalue weighted by Crippen LogP contribution is -2.13. The molecule has 0 atom stereocenters. The van der Waals surface area contributed by atoms with Gasteiger partial charge in [0.2, 0.25) is 0 Å². The molecule has 1 aliphatic rings. The Labute approximate surface area is 112 Å². The molecule has 0 radical (unpaired) electrons. The molecule has 1 aromatic carbocycles. The van der Waals surface area contributed by atoms with Crippen LogP contribution in [0.3, 0.4) is 0 Å². The van der Waals surface area contributed by atoms with Crippen LogP contribution in [-0.2, 0) is 17.8 Å². The van der Waals surface area contributed by atoms with Crippen LogP contribution in [-0.4, -0.2) is 21.3 Å². The molecule has 1 aromatic heterocycles. The van der Waals surface area contributed by atoms with Crippen LogP contribution in [0.5, 0.6) is 0 Å². The number of hydrogen-bond donors (Lipinski definition) is 1. The normalized spacial score (nSPS) is 14.1. The van der Waals surface area contributed by atoms with Crippen LogP contribution in [0.25, 0.3) is 5.69 Å². The lowest BCUT2D eigenvalue weighted by Gasteiger charge is -2.14. The number of nitrogens with zero attached hydrogens (tertiary/aromatic N) is 3. The first-order valence-electron chi connectivity index (χ1n) is 5.95. The highest BCUT2D eigenvalue weighted by molar-refractivity contribution is 5.50. The SMILES string of the molecule is Nc1nn(-c2cc(F)cc([N+](=O)[O-])c2)c2c1COCC2. The van der Waals surface area contributed by atoms with E-state index in [1.807, 2.05) is 0 Å². The van der Waals surface area contributed by atoms with Crippen molar-refractivity contribution in [2.45, 2.75) is 13.0 Å². The summed E-state index contributed by atoms with van der Waals surface area (Å²) < 4.78 is 20.3. The smallest absolute Gasteiger partial charge is 0.274 e. The van der Waals surface area contributed by atoms with Crippen LogP contribution >= 0.6 is 0 Å². The van der Waals surface area contributed by atoms with Crippen LogP contribution in [0.4, 0.5) is 15.9 Å². The number of benzene rings is 1. The molecule has 8 heteroatoms. The average Bonchev–Trinajstić information content (AvgIpc) is 2.76. The maximum atomic E-state index is 13.5. The highest BCUT2D eigenvalue weighted by Crippen LogP contribution is 2.27. The van der Waals surface area contributed by atoms with E-state index in [0.717, 1.165) is 17.3 Å². The molecule has 2 heterocycles.